The number of fused-ring (bicyclic) bond motifs is 1. The van der Waals surface area contributed by atoms with E-state index in [4.69, 9.17) is 5.73 Å². The van der Waals surface area contributed by atoms with Crippen molar-refractivity contribution in [2.24, 2.45) is 11.1 Å². The molecular weight excluding hydrogens is 252 g/mol. The number of hydrogen-bond donors (Lipinski definition) is 2. The van der Waals surface area contributed by atoms with Crippen molar-refractivity contribution in [3.63, 3.8) is 0 Å². The van der Waals surface area contributed by atoms with Gasteiger partial charge in [-0.05, 0) is 51.2 Å². The number of aryl methyl sites for hydroxylation is 2. The largest absolute Gasteiger partial charge is 0.369 e. The molecule has 0 fully saturated rings. The molecular formula is C15H20N4O. The fourth-order valence-electron chi connectivity index (χ4n) is 2.25. The molecule has 5 nitrogen and oxygen atoms in total. The first kappa shape index (κ1) is 14.3. The predicted molar refractivity (Wildman–Crippen MR) is 77.1 cm³/mol. The van der Waals surface area contributed by atoms with Gasteiger partial charge in [-0.1, -0.05) is 0 Å². The Labute approximate surface area is 119 Å². The second-order valence-corrected chi connectivity index (χ2v) is 5.91. The summed E-state index contributed by atoms with van der Waals surface area (Å²) in [6, 6.07) is 4.09. The lowest BCUT2D eigenvalue weighted by Gasteiger charge is -2.23. The van der Waals surface area contributed by atoms with Crippen molar-refractivity contribution in [2.45, 2.75) is 39.5 Å². The molecule has 20 heavy (non-hydrogen) atoms. The molecule has 1 aromatic rings. The third-order valence-electron chi connectivity index (χ3n) is 3.79. The topological polar surface area (TPSA) is 91.8 Å². The number of hydrogen-bond acceptors (Lipinski definition) is 4. The highest BCUT2D eigenvalue weighted by Gasteiger charge is 2.25. The quantitative estimate of drug-likeness (QED) is 0.873. The van der Waals surface area contributed by atoms with Gasteiger partial charge in [0.25, 0.3) is 0 Å². The van der Waals surface area contributed by atoms with Gasteiger partial charge in [0.2, 0.25) is 5.91 Å². The summed E-state index contributed by atoms with van der Waals surface area (Å²) in [6.45, 7) is 3.91. The van der Waals surface area contributed by atoms with Gasteiger partial charge < -0.3 is 11.1 Å². The smallest absolute Gasteiger partial charge is 0.224 e. The van der Waals surface area contributed by atoms with Crippen LogP contribution in [0.3, 0.4) is 0 Å². The maximum atomic E-state index is 11.3. The molecule has 0 spiro atoms. The molecule has 0 saturated carbocycles. The van der Waals surface area contributed by atoms with Crippen molar-refractivity contribution in [3.05, 3.63) is 22.9 Å². The minimum atomic E-state index is -0.676. The summed E-state index contributed by atoms with van der Waals surface area (Å²) in [7, 11) is 0. The zero-order chi connectivity index (χ0) is 14.8. The molecule has 0 aliphatic heterocycles. The van der Waals surface area contributed by atoms with Crippen LogP contribution in [-0.4, -0.2) is 17.4 Å². The van der Waals surface area contributed by atoms with Crippen LogP contribution in [0, 0.1) is 16.7 Å². The van der Waals surface area contributed by atoms with Crippen LogP contribution in [0.4, 0.5) is 5.82 Å². The molecule has 1 aliphatic rings. The number of nitrogens with two attached hydrogens (primary N) is 1. The Morgan fingerprint density at radius 2 is 2.20 bits per heavy atom. The molecule has 2 rings (SSSR count). The van der Waals surface area contributed by atoms with E-state index in [1.54, 1.807) is 13.8 Å². The number of pyridine rings is 1. The monoisotopic (exact) mass is 272 g/mol. The summed E-state index contributed by atoms with van der Waals surface area (Å²) in [4.78, 5) is 15.9. The average Bonchev–Trinajstić information content (AvgIpc) is 2.43. The number of anilines is 1. The molecule has 1 heterocycles. The van der Waals surface area contributed by atoms with E-state index in [0.717, 1.165) is 31.4 Å². The molecule has 0 unspecified atom stereocenters. The zero-order valence-electron chi connectivity index (χ0n) is 12.0. The standard InChI is InChI=1S/C15H20N4O/c1-15(2,14(17)20)9-18-13-11(8-16)7-10-5-3-4-6-12(10)19-13/h7H,3-6,9H2,1-2H3,(H2,17,20)(H,18,19). The predicted octanol–water partition coefficient (Wildman–Crippen LogP) is 1.76. The Balaban J connectivity index is 2.23. The third-order valence-corrected chi connectivity index (χ3v) is 3.79. The fourth-order valence-corrected chi connectivity index (χ4v) is 2.25. The van der Waals surface area contributed by atoms with E-state index in [0.29, 0.717) is 17.9 Å². The fraction of sp³-hybridized carbons (Fsp3) is 0.533. The molecule has 3 N–H and O–H groups in total. The summed E-state index contributed by atoms with van der Waals surface area (Å²) in [6.07, 6.45) is 4.23. The Hall–Kier alpha value is -2.09. The summed E-state index contributed by atoms with van der Waals surface area (Å²) < 4.78 is 0. The van der Waals surface area contributed by atoms with Gasteiger partial charge in [-0.25, -0.2) is 4.98 Å². The van der Waals surface area contributed by atoms with Gasteiger partial charge in [-0.3, -0.25) is 4.79 Å². The first-order valence-corrected chi connectivity index (χ1v) is 6.91. The lowest BCUT2D eigenvalue weighted by molar-refractivity contribution is -0.125. The van der Waals surface area contributed by atoms with Gasteiger partial charge in [0.15, 0.2) is 0 Å². The van der Waals surface area contributed by atoms with E-state index in [2.05, 4.69) is 16.4 Å². The molecule has 0 radical (unpaired) electrons. The summed E-state index contributed by atoms with van der Waals surface area (Å²) >= 11 is 0. The molecule has 0 bridgehead atoms. The molecule has 0 atom stereocenters. The average molecular weight is 272 g/mol. The first-order chi connectivity index (χ1) is 9.44. The lowest BCUT2D eigenvalue weighted by Crippen LogP contribution is -2.37. The second kappa shape index (κ2) is 5.49. The number of carbonyl (C=O) groups excluding carboxylic acids is 1. The highest BCUT2D eigenvalue weighted by molar-refractivity contribution is 5.80. The molecule has 5 heteroatoms. The minimum Gasteiger partial charge on any atom is -0.369 e. The number of nitriles is 1. The Morgan fingerprint density at radius 1 is 1.50 bits per heavy atom. The Bertz CT molecular complexity index is 572. The maximum Gasteiger partial charge on any atom is 0.224 e. The normalized spacial score (nSPS) is 14.2. The number of amides is 1. The van der Waals surface area contributed by atoms with Crippen LogP contribution in [0.15, 0.2) is 6.07 Å². The molecule has 0 saturated heterocycles. The van der Waals surface area contributed by atoms with Crippen LogP contribution in [0.2, 0.25) is 0 Å². The van der Waals surface area contributed by atoms with Crippen LogP contribution in [0.25, 0.3) is 0 Å². The summed E-state index contributed by atoms with van der Waals surface area (Å²) in [5, 5.41) is 12.3. The van der Waals surface area contributed by atoms with Crippen molar-refractivity contribution < 1.29 is 4.79 Å². The summed E-state index contributed by atoms with van der Waals surface area (Å²) in [5.74, 6) is 0.184. The maximum absolute atomic E-state index is 11.3. The third kappa shape index (κ3) is 2.90. The first-order valence-electron chi connectivity index (χ1n) is 6.91. The molecule has 1 aliphatic carbocycles. The highest BCUT2D eigenvalue weighted by atomic mass is 16.1. The molecule has 1 aromatic heterocycles. The SMILES string of the molecule is CC(C)(CNc1nc2c(cc1C#N)CCCC2)C(N)=O. The van der Waals surface area contributed by atoms with Crippen LogP contribution in [0.1, 0.15) is 43.5 Å². The number of nitrogens with one attached hydrogen (secondary N) is 1. The number of carbonyl (C=O) groups is 1. The van der Waals surface area contributed by atoms with Crippen molar-refractivity contribution >= 4 is 11.7 Å². The van der Waals surface area contributed by atoms with Gasteiger partial charge in [0.05, 0.1) is 11.0 Å². The summed E-state index contributed by atoms with van der Waals surface area (Å²) in [5.41, 5.74) is 7.45. The van der Waals surface area contributed by atoms with E-state index < -0.39 is 5.41 Å². The van der Waals surface area contributed by atoms with E-state index in [1.807, 2.05) is 6.07 Å². The van der Waals surface area contributed by atoms with Gasteiger partial charge in [-0.2, -0.15) is 5.26 Å². The van der Waals surface area contributed by atoms with E-state index in [-0.39, 0.29) is 5.91 Å². The van der Waals surface area contributed by atoms with E-state index in [1.165, 1.54) is 5.56 Å². The number of aromatic nitrogens is 1. The Kier molecular flexibility index (Phi) is 3.93. The zero-order valence-corrected chi connectivity index (χ0v) is 12.0. The molecule has 1 amide bonds. The lowest BCUT2D eigenvalue weighted by atomic mass is 9.92. The molecule has 106 valence electrons. The van der Waals surface area contributed by atoms with Crippen molar-refractivity contribution in [2.75, 3.05) is 11.9 Å². The van der Waals surface area contributed by atoms with Gasteiger partial charge >= 0.3 is 0 Å². The van der Waals surface area contributed by atoms with E-state index in [9.17, 15) is 10.1 Å². The minimum absolute atomic E-state index is 0.364. The van der Waals surface area contributed by atoms with Crippen LogP contribution >= 0.6 is 0 Å². The number of rotatable bonds is 4. The Morgan fingerprint density at radius 3 is 2.85 bits per heavy atom. The van der Waals surface area contributed by atoms with Crippen molar-refractivity contribution in [1.82, 2.24) is 4.98 Å². The van der Waals surface area contributed by atoms with Crippen LogP contribution in [0.5, 0.6) is 0 Å². The number of primary amides is 1. The highest BCUT2D eigenvalue weighted by Crippen LogP contribution is 2.25. The van der Waals surface area contributed by atoms with Crippen LogP contribution in [-0.2, 0) is 17.6 Å². The van der Waals surface area contributed by atoms with Gasteiger partial charge in [-0.15, -0.1) is 0 Å². The number of nitrogens with zero attached hydrogens (tertiary/aromatic N) is 2. The van der Waals surface area contributed by atoms with Crippen molar-refractivity contribution in [1.29, 1.82) is 5.26 Å². The van der Waals surface area contributed by atoms with Crippen LogP contribution < -0.4 is 11.1 Å². The van der Waals surface area contributed by atoms with Gasteiger partial charge in [0, 0.05) is 12.2 Å². The van der Waals surface area contributed by atoms with Gasteiger partial charge in [0.1, 0.15) is 11.9 Å². The second-order valence-electron chi connectivity index (χ2n) is 5.91. The van der Waals surface area contributed by atoms with Crippen molar-refractivity contribution in [3.8, 4) is 6.07 Å². The molecule has 0 aromatic carbocycles. The van der Waals surface area contributed by atoms with E-state index >= 15 is 0 Å².